The second-order valence-electron chi connectivity index (χ2n) is 7.31. The van der Waals surface area contributed by atoms with Gasteiger partial charge in [-0.2, -0.15) is 10.2 Å². The standard InChI is InChI=1S/C23H19N5O3S2/c24-12-18-23(31-21(26-18)19-5-3-11-30-19)28-9-7-27(8-10-28)22(29)17-4-1-2-6-20(17)33-14-16-13-32-15-25-16/h1-6,11,13,15H,7-10,14H2. The zero-order valence-corrected chi connectivity index (χ0v) is 19.1. The zero-order chi connectivity index (χ0) is 22.6. The summed E-state index contributed by atoms with van der Waals surface area (Å²) < 4.78 is 11.2. The average molecular weight is 478 g/mol. The number of carbonyl (C=O) groups excluding carboxylic acids is 1. The van der Waals surface area contributed by atoms with Crippen molar-refractivity contribution in [1.29, 1.82) is 5.26 Å². The van der Waals surface area contributed by atoms with Crippen LogP contribution in [0, 0.1) is 11.3 Å². The number of benzene rings is 1. The largest absolute Gasteiger partial charge is 0.459 e. The Bertz CT molecular complexity index is 1270. The SMILES string of the molecule is N#Cc1nc(-c2ccco2)oc1N1CCN(C(=O)c2ccccc2SCc2cscn2)CC1. The molecule has 0 radical (unpaired) electrons. The van der Waals surface area contributed by atoms with Gasteiger partial charge in [0, 0.05) is 42.2 Å². The number of hydrogen-bond acceptors (Lipinski definition) is 9. The van der Waals surface area contributed by atoms with Crippen LogP contribution in [0.1, 0.15) is 21.7 Å². The number of thioether (sulfide) groups is 1. The van der Waals surface area contributed by atoms with Crippen LogP contribution in [0.3, 0.4) is 0 Å². The van der Waals surface area contributed by atoms with Crippen molar-refractivity contribution in [3.05, 3.63) is 70.5 Å². The first-order chi connectivity index (χ1) is 16.2. The molecule has 0 unspecified atom stereocenters. The molecule has 4 heterocycles. The molecule has 5 rings (SSSR count). The molecule has 8 nitrogen and oxygen atoms in total. The van der Waals surface area contributed by atoms with Crippen LogP contribution in [0.2, 0.25) is 0 Å². The second-order valence-corrected chi connectivity index (χ2v) is 9.04. The highest BCUT2D eigenvalue weighted by atomic mass is 32.2. The van der Waals surface area contributed by atoms with Gasteiger partial charge in [-0.1, -0.05) is 12.1 Å². The van der Waals surface area contributed by atoms with Gasteiger partial charge in [0.15, 0.2) is 5.76 Å². The van der Waals surface area contributed by atoms with E-state index in [-0.39, 0.29) is 17.5 Å². The predicted molar refractivity (Wildman–Crippen MR) is 125 cm³/mol. The predicted octanol–water partition coefficient (Wildman–Crippen LogP) is 4.52. The van der Waals surface area contributed by atoms with Crippen LogP contribution in [0.25, 0.3) is 11.7 Å². The number of furan rings is 1. The van der Waals surface area contributed by atoms with E-state index in [1.807, 2.05) is 45.0 Å². The molecule has 10 heteroatoms. The smallest absolute Gasteiger partial charge is 0.266 e. The maximum absolute atomic E-state index is 13.3. The quantitative estimate of drug-likeness (QED) is 0.374. The topological polar surface area (TPSA) is 99.4 Å². The van der Waals surface area contributed by atoms with Gasteiger partial charge in [-0.3, -0.25) is 4.79 Å². The molecule has 0 saturated carbocycles. The van der Waals surface area contributed by atoms with Crippen molar-refractivity contribution in [1.82, 2.24) is 14.9 Å². The van der Waals surface area contributed by atoms with E-state index in [1.54, 1.807) is 35.2 Å². The highest BCUT2D eigenvalue weighted by Gasteiger charge is 2.28. The van der Waals surface area contributed by atoms with Gasteiger partial charge in [-0.05, 0) is 24.3 Å². The Morgan fingerprint density at radius 3 is 2.76 bits per heavy atom. The molecule has 166 valence electrons. The second kappa shape index (κ2) is 9.52. The first-order valence-electron chi connectivity index (χ1n) is 10.3. The number of nitrogens with zero attached hydrogens (tertiary/aromatic N) is 5. The monoisotopic (exact) mass is 477 g/mol. The summed E-state index contributed by atoms with van der Waals surface area (Å²) in [6.07, 6.45) is 1.53. The van der Waals surface area contributed by atoms with E-state index in [0.29, 0.717) is 43.4 Å². The number of nitriles is 1. The molecule has 0 bridgehead atoms. The molecule has 33 heavy (non-hydrogen) atoms. The van der Waals surface area contributed by atoms with Gasteiger partial charge in [0.25, 0.3) is 11.8 Å². The number of piperazine rings is 1. The van der Waals surface area contributed by atoms with Crippen LogP contribution in [-0.4, -0.2) is 47.0 Å². The van der Waals surface area contributed by atoms with Gasteiger partial charge in [0.05, 0.1) is 23.0 Å². The van der Waals surface area contributed by atoms with Crippen molar-refractivity contribution >= 4 is 34.9 Å². The van der Waals surface area contributed by atoms with Crippen LogP contribution in [0.4, 0.5) is 5.88 Å². The van der Waals surface area contributed by atoms with Gasteiger partial charge in [0.1, 0.15) is 6.07 Å². The van der Waals surface area contributed by atoms with Crippen LogP contribution in [-0.2, 0) is 5.75 Å². The Morgan fingerprint density at radius 1 is 1.18 bits per heavy atom. The summed E-state index contributed by atoms with van der Waals surface area (Å²) in [6, 6.07) is 13.2. The van der Waals surface area contributed by atoms with E-state index in [1.165, 1.54) is 6.26 Å². The molecule has 1 aromatic carbocycles. The Hall–Kier alpha value is -3.55. The van der Waals surface area contributed by atoms with E-state index in [2.05, 4.69) is 16.0 Å². The highest BCUT2D eigenvalue weighted by molar-refractivity contribution is 7.98. The van der Waals surface area contributed by atoms with Gasteiger partial charge >= 0.3 is 0 Å². The lowest BCUT2D eigenvalue weighted by Gasteiger charge is -2.34. The average Bonchev–Trinajstić information content (AvgIpc) is 3.64. The van der Waals surface area contributed by atoms with E-state index in [0.717, 1.165) is 16.3 Å². The third kappa shape index (κ3) is 4.51. The van der Waals surface area contributed by atoms with Crippen molar-refractivity contribution in [2.24, 2.45) is 0 Å². The summed E-state index contributed by atoms with van der Waals surface area (Å²) in [5.74, 6) is 1.89. The van der Waals surface area contributed by atoms with Crippen LogP contribution in [0.15, 0.2) is 67.3 Å². The van der Waals surface area contributed by atoms with Crippen molar-refractivity contribution in [3.63, 3.8) is 0 Å². The Labute approximate surface area is 198 Å². The summed E-state index contributed by atoms with van der Waals surface area (Å²) in [4.78, 5) is 26.6. The Morgan fingerprint density at radius 2 is 2.03 bits per heavy atom. The number of anilines is 1. The van der Waals surface area contributed by atoms with Crippen molar-refractivity contribution in [3.8, 4) is 17.7 Å². The first kappa shape index (κ1) is 21.3. The molecule has 1 amide bonds. The molecular weight excluding hydrogens is 458 g/mol. The van der Waals surface area contributed by atoms with E-state index < -0.39 is 0 Å². The molecule has 4 aromatic rings. The van der Waals surface area contributed by atoms with Crippen molar-refractivity contribution < 1.29 is 13.6 Å². The molecule has 0 spiro atoms. The van der Waals surface area contributed by atoms with Gasteiger partial charge in [-0.25, -0.2) is 4.98 Å². The fourth-order valence-corrected chi connectivity index (χ4v) is 5.23. The van der Waals surface area contributed by atoms with Gasteiger partial charge in [-0.15, -0.1) is 23.1 Å². The van der Waals surface area contributed by atoms with Gasteiger partial charge < -0.3 is 18.6 Å². The van der Waals surface area contributed by atoms with Crippen molar-refractivity contribution in [2.75, 3.05) is 31.1 Å². The fourth-order valence-electron chi connectivity index (χ4n) is 3.62. The number of carbonyl (C=O) groups is 1. The number of hydrogen-bond donors (Lipinski definition) is 0. The molecule has 1 aliphatic heterocycles. The lowest BCUT2D eigenvalue weighted by atomic mass is 10.2. The maximum Gasteiger partial charge on any atom is 0.266 e. The summed E-state index contributed by atoms with van der Waals surface area (Å²) in [6.45, 7) is 2.12. The number of amides is 1. The van der Waals surface area contributed by atoms with E-state index in [9.17, 15) is 10.1 Å². The zero-order valence-electron chi connectivity index (χ0n) is 17.5. The van der Waals surface area contributed by atoms with E-state index >= 15 is 0 Å². The Kier molecular flexibility index (Phi) is 6.15. The molecule has 1 fully saturated rings. The Balaban J connectivity index is 1.27. The van der Waals surface area contributed by atoms with Crippen LogP contribution in [0.5, 0.6) is 0 Å². The maximum atomic E-state index is 13.3. The summed E-state index contributed by atoms with van der Waals surface area (Å²) in [7, 11) is 0. The molecule has 1 saturated heterocycles. The molecule has 0 N–H and O–H groups in total. The molecule has 0 atom stereocenters. The molecule has 3 aromatic heterocycles. The summed E-state index contributed by atoms with van der Waals surface area (Å²) in [5, 5.41) is 11.5. The lowest BCUT2D eigenvalue weighted by Crippen LogP contribution is -2.49. The third-order valence-corrected chi connectivity index (χ3v) is 7.02. The minimum absolute atomic E-state index is 0.00498. The van der Waals surface area contributed by atoms with Crippen LogP contribution >= 0.6 is 23.1 Å². The molecule has 0 aliphatic carbocycles. The van der Waals surface area contributed by atoms with Gasteiger partial charge in [0.2, 0.25) is 11.6 Å². The summed E-state index contributed by atoms with van der Waals surface area (Å²) in [5.41, 5.74) is 3.74. The minimum Gasteiger partial charge on any atom is -0.459 e. The summed E-state index contributed by atoms with van der Waals surface area (Å²) >= 11 is 3.19. The first-order valence-corrected chi connectivity index (χ1v) is 12.2. The normalized spacial score (nSPS) is 13.8. The van der Waals surface area contributed by atoms with Crippen molar-refractivity contribution in [2.45, 2.75) is 10.6 Å². The van der Waals surface area contributed by atoms with E-state index in [4.69, 9.17) is 8.83 Å². The highest BCUT2D eigenvalue weighted by Crippen LogP contribution is 2.30. The van der Waals surface area contributed by atoms with Crippen LogP contribution < -0.4 is 4.90 Å². The number of rotatable bonds is 6. The number of thiazole rings is 1. The minimum atomic E-state index is 0.00498. The number of aromatic nitrogens is 2. The number of oxazole rings is 1. The molecular formula is C23H19N5O3S2. The fraction of sp³-hybridized carbons (Fsp3) is 0.217. The lowest BCUT2D eigenvalue weighted by molar-refractivity contribution is 0.0742. The molecule has 1 aliphatic rings. The third-order valence-electron chi connectivity index (χ3n) is 5.28.